The van der Waals surface area contributed by atoms with Gasteiger partial charge in [-0.25, -0.2) is 18.1 Å². The molecule has 2 heterocycles. The third-order valence-electron chi connectivity index (χ3n) is 3.89. The van der Waals surface area contributed by atoms with Crippen LogP contribution in [0.3, 0.4) is 0 Å². The Morgan fingerprint density at radius 3 is 2.74 bits per heavy atom. The second-order valence-electron chi connectivity index (χ2n) is 5.55. The lowest BCUT2D eigenvalue weighted by atomic mass is 10.2. The molecule has 6 heteroatoms. The lowest BCUT2D eigenvalue weighted by Crippen LogP contribution is -2.26. The van der Waals surface area contributed by atoms with Crippen LogP contribution in [0, 0.1) is 6.92 Å². The van der Waals surface area contributed by atoms with Crippen LogP contribution in [0.4, 0.5) is 0 Å². The van der Waals surface area contributed by atoms with Crippen LogP contribution in [0.5, 0.6) is 0 Å². The third kappa shape index (κ3) is 3.13. The van der Waals surface area contributed by atoms with Crippen LogP contribution in [-0.2, 0) is 23.5 Å². The van der Waals surface area contributed by atoms with E-state index in [4.69, 9.17) is 0 Å². The van der Waals surface area contributed by atoms with Gasteiger partial charge in [0, 0.05) is 31.4 Å². The minimum Gasteiger partial charge on any atom is -0.335 e. The molecule has 0 saturated carbocycles. The Kier molecular flexibility index (Phi) is 4.19. The molecule has 1 N–H and O–H groups in total. The van der Waals surface area contributed by atoms with Gasteiger partial charge in [0.25, 0.3) is 0 Å². The number of hydrogen-bond donors (Lipinski definition) is 1. The molecule has 23 heavy (non-hydrogen) atoms. The van der Waals surface area contributed by atoms with Gasteiger partial charge >= 0.3 is 0 Å². The standard InChI is InChI=1S/C17H19N3O2S/c1-13-6-3-4-8-16(13)23(21,22)19-11-9-14-12-20(2)17-15(14)7-5-10-18-17/h3-8,10,12,19H,9,11H2,1-2H3. The van der Waals surface area contributed by atoms with Crippen molar-refractivity contribution in [3.05, 3.63) is 59.9 Å². The van der Waals surface area contributed by atoms with Crippen LogP contribution in [-0.4, -0.2) is 24.5 Å². The molecule has 1 aromatic carbocycles. The van der Waals surface area contributed by atoms with Crippen LogP contribution < -0.4 is 4.72 Å². The Labute approximate surface area is 136 Å². The Hall–Kier alpha value is -2.18. The van der Waals surface area contributed by atoms with E-state index in [0.717, 1.165) is 22.2 Å². The molecule has 3 rings (SSSR count). The van der Waals surface area contributed by atoms with Gasteiger partial charge in [-0.05, 0) is 42.7 Å². The first-order valence-electron chi connectivity index (χ1n) is 7.43. The highest BCUT2D eigenvalue weighted by Crippen LogP contribution is 2.19. The molecule has 0 unspecified atom stereocenters. The first kappa shape index (κ1) is 15.7. The average Bonchev–Trinajstić information content (AvgIpc) is 2.84. The van der Waals surface area contributed by atoms with Gasteiger partial charge in [-0.2, -0.15) is 0 Å². The van der Waals surface area contributed by atoms with Crippen LogP contribution >= 0.6 is 0 Å². The van der Waals surface area contributed by atoms with Crippen LogP contribution in [0.1, 0.15) is 11.1 Å². The molecule has 0 aliphatic carbocycles. The number of fused-ring (bicyclic) bond motifs is 1. The largest absolute Gasteiger partial charge is 0.335 e. The van der Waals surface area contributed by atoms with E-state index in [9.17, 15) is 8.42 Å². The molecule has 0 fully saturated rings. The first-order chi connectivity index (χ1) is 11.0. The number of nitrogens with one attached hydrogen (secondary N) is 1. The van der Waals surface area contributed by atoms with E-state index in [1.54, 1.807) is 31.3 Å². The van der Waals surface area contributed by atoms with Crippen LogP contribution in [0.25, 0.3) is 11.0 Å². The fraction of sp³-hybridized carbons (Fsp3) is 0.235. The summed E-state index contributed by atoms with van der Waals surface area (Å²) in [6.45, 7) is 2.15. The summed E-state index contributed by atoms with van der Waals surface area (Å²) in [5.74, 6) is 0. The fourth-order valence-electron chi connectivity index (χ4n) is 2.75. The van der Waals surface area contributed by atoms with E-state index in [1.807, 2.05) is 36.0 Å². The normalized spacial score (nSPS) is 11.9. The van der Waals surface area contributed by atoms with Crippen LogP contribution in [0.2, 0.25) is 0 Å². The number of nitrogens with zero attached hydrogens (tertiary/aromatic N) is 2. The number of aryl methyl sites for hydroxylation is 2. The molecule has 0 aliphatic heterocycles. The number of pyridine rings is 1. The van der Waals surface area contributed by atoms with Crippen molar-refractivity contribution in [2.75, 3.05) is 6.54 Å². The van der Waals surface area contributed by atoms with Crippen molar-refractivity contribution in [2.24, 2.45) is 7.05 Å². The number of aromatic nitrogens is 2. The van der Waals surface area contributed by atoms with Gasteiger partial charge in [0.2, 0.25) is 10.0 Å². The maximum atomic E-state index is 12.4. The van der Waals surface area contributed by atoms with Crippen molar-refractivity contribution in [3.63, 3.8) is 0 Å². The molecular weight excluding hydrogens is 310 g/mol. The van der Waals surface area contributed by atoms with Crippen molar-refractivity contribution in [2.45, 2.75) is 18.2 Å². The first-order valence-corrected chi connectivity index (χ1v) is 8.91. The average molecular weight is 329 g/mol. The summed E-state index contributed by atoms with van der Waals surface area (Å²) in [7, 11) is -1.54. The number of rotatable bonds is 5. The molecular formula is C17H19N3O2S. The number of benzene rings is 1. The zero-order chi connectivity index (χ0) is 16.4. The zero-order valence-corrected chi connectivity index (χ0v) is 14.0. The van der Waals surface area contributed by atoms with E-state index in [0.29, 0.717) is 17.9 Å². The summed E-state index contributed by atoms with van der Waals surface area (Å²) in [6, 6.07) is 10.9. The maximum Gasteiger partial charge on any atom is 0.240 e. The van der Waals surface area contributed by atoms with Gasteiger partial charge in [0.05, 0.1) is 4.90 Å². The van der Waals surface area contributed by atoms with E-state index < -0.39 is 10.0 Å². The van der Waals surface area contributed by atoms with Gasteiger partial charge in [-0.3, -0.25) is 0 Å². The summed E-state index contributed by atoms with van der Waals surface area (Å²) in [5, 5.41) is 1.06. The van der Waals surface area contributed by atoms with E-state index in [1.165, 1.54) is 0 Å². The molecule has 120 valence electrons. The quantitative estimate of drug-likeness (QED) is 0.782. The lowest BCUT2D eigenvalue weighted by molar-refractivity contribution is 0.581. The summed E-state index contributed by atoms with van der Waals surface area (Å²) < 4.78 is 29.4. The van der Waals surface area contributed by atoms with Crippen molar-refractivity contribution in [1.29, 1.82) is 0 Å². The molecule has 5 nitrogen and oxygen atoms in total. The Balaban J connectivity index is 1.75. The molecule has 0 aliphatic rings. The predicted molar refractivity (Wildman–Crippen MR) is 90.8 cm³/mol. The highest BCUT2D eigenvalue weighted by atomic mass is 32.2. The lowest BCUT2D eigenvalue weighted by Gasteiger charge is -2.08. The van der Waals surface area contributed by atoms with Gasteiger partial charge in [0.15, 0.2) is 0 Å². The third-order valence-corrected chi connectivity index (χ3v) is 5.51. The van der Waals surface area contributed by atoms with Crippen molar-refractivity contribution < 1.29 is 8.42 Å². The molecule has 0 amide bonds. The predicted octanol–water partition coefficient (Wildman–Crippen LogP) is 2.40. The van der Waals surface area contributed by atoms with E-state index in [-0.39, 0.29) is 0 Å². The fourth-order valence-corrected chi connectivity index (χ4v) is 4.02. The zero-order valence-electron chi connectivity index (χ0n) is 13.2. The molecule has 0 spiro atoms. The minimum absolute atomic E-state index is 0.333. The number of hydrogen-bond acceptors (Lipinski definition) is 3. The van der Waals surface area contributed by atoms with Crippen molar-refractivity contribution in [3.8, 4) is 0 Å². The van der Waals surface area contributed by atoms with Crippen molar-refractivity contribution >= 4 is 21.1 Å². The SMILES string of the molecule is Cc1ccccc1S(=O)(=O)NCCc1cn(C)c2ncccc12. The monoisotopic (exact) mass is 329 g/mol. The smallest absolute Gasteiger partial charge is 0.240 e. The summed E-state index contributed by atoms with van der Waals surface area (Å²) in [5.41, 5.74) is 2.74. The minimum atomic E-state index is -3.48. The van der Waals surface area contributed by atoms with E-state index in [2.05, 4.69) is 9.71 Å². The number of sulfonamides is 1. The highest BCUT2D eigenvalue weighted by molar-refractivity contribution is 7.89. The summed E-state index contributed by atoms with van der Waals surface area (Å²) in [4.78, 5) is 4.67. The van der Waals surface area contributed by atoms with Crippen molar-refractivity contribution in [1.82, 2.24) is 14.3 Å². The highest BCUT2D eigenvalue weighted by Gasteiger charge is 2.16. The molecule has 0 radical (unpaired) electrons. The molecule has 3 aromatic rings. The van der Waals surface area contributed by atoms with Gasteiger partial charge in [-0.1, -0.05) is 18.2 Å². The van der Waals surface area contributed by atoms with Gasteiger partial charge < -0.3 is 4.57 Å². The van der Waals surface area contributed by atoms with E-state index >= 15 is 0 Å². The Morgan fingerprint density at radius 1 is 1.17 bits per heavy atom. The van der Waals surface area contributed by atoms with Crippen LogP contribution in [0.15, 0.2) is 53.7 Å². The molecule has 0 bridgehead atoms. The second kappa shape index (κ2) is 6.14. The van der Waals surface area contributed by atoms with Gasteiger partial charge in [-0.15, -0.1) is 0 Å². The summed E-state index contributed by atoms with van der Waals surface area (Å²) in [6.07, 6.45) is 4.38. The van der Waals surface area contributed by atoms with Gasteiger partial charge in [0.1, 0.15) is 5.65 Å². The second-order valence-corrected chi connectivity index (χ2v) is 7.29. The molecule has 2 aromatic heterocycles. The molecule has 0 atom stereocenters. The summed E-state index contributed by atoms with van der Waals surface area (Å²) >= 11 is 0. The Bertz CT molecular complexity index is 945. The maximum absolute atomic E-state index is 12.4. The Morgan fingerprint density at radius 2 is 1.96 bits per heavy atom. The topological polar surface area (TPSA) is 64.0 Å². The molecule has 0 saturated heterocycles.